The highest BCUT2D eigenvalue weighted by Gasteiger charge is 2.34. The van der Waals surface area contributed by atoms with Gasteiger partial charge in [0.05, 0.1) is 41.2 Å². The summed E-state index contributed by atoms with van der Waals surface area (Å²) in [7, 11) is 1.39. The molecule has 0 bridgehead atoms. The van der Waals surface area contributed by atoms with Gasteiger partial charge >= 0.3 is 5.97 Å². The number of methoxy groups -OCH3 is 1. The van der Waals surface area contributed by atoms with Crippen LogP contribution >= 0.6 is 11.3 Å². The van der Waals surface area contributed by atoms with Gasteiger partial charge in [-0.15, -0.1) is 0 Å². The number of ether oxygens (including phenoxy) is 4. The van der Waals surface area contributed by atoms with Gasteiger partial charge < -0.3 is 18.9 Å². The maximum Gasteiger partial charge on any atom is 0.339 e. The molecule has 0 unspecified atom stereocenters. The predicted octanol–water partition coefficient (Wildman–Crippen LogP) is 6.57. The summed E-state index contributed by atoms with van der Waals surface area (Å²) in [6.45, 7) is 12.4. The first-order valence-corrected chi connectivity index (χ1v) is 13.3. The molecule has 37 heavy (non-hydrogen) atoms. The molecule has 1 aliphatic heterocycles. The van der Waals surface area contributed by atoms with Crippen LogP contribution in [0.15, 0.2) is 30.5 Å². The number of carbonyl (C=O) groups is 1. The van der Waals surface area contributed by atoms with E-state index in [0.29, 0.717) is 11.8 Å². The van der Waals surface area contributed by atoms with E-state index in [1.165, 1.54) is 24.0 Å². The zero-order valence-corrected chi connectivity index (χ0v) is 23.1. The van der Waals surface area contributed by atoms with Crippen LogP contribution in [0.1, 0.15) is 57.4 Å². The Morgan fingerprint density at radius 3 is 2.68 bits per heavy atom. The Balaban J connectivity index is 1.88. The molecule has 0 fully saturated rings. The standard InChI is InChI=1S/C29H32N2O5S/c1-15(2)35-28-31-19-14-16(3)21(25(27(32)33-7)36-29(4,5)6)23(26(19)37-28)18-8-9-20-22-17(11-13-34-20)10-12-30-24(18)22/h8-10,12,14-15,25H,11,13H2,1-7H3/t25-/m0/s1. The lowest BCUT2D eigenvalue weighted by Gasteiger charge is -2.29. The van der Waals surface area contributed by atoms with Crippen molar-refractivity contribution in [1.29, 1.82) is 0 Å². The highest BCUT2D eigenvalue weighted by atomic mass is 32.1. The second-order valence-corrected chi connectivity index (χ2v) is 11.5. The van der Waals surface area contributed by atoms with Gasteiger partial charge in [-0.1, -0.05) is 11.3 Å². The summed E-state index contributed by atoms with van der Waals surface area (Å²) in [5, 5.41) is 1.58. The van der Waals surface area contributed by atoms with Crippen molar-refractivity contribution in [2.24, 2.45) is 0 Å². The number of carbonyl (C=O) groups excluding carboxylic acids is 1. The molecular weight excluding hydrogens is 488 g/mol. The molecule has 8 heteroatoms. The van der Waals surface area contributed by atoms with Crippen molar-refractivity contribution < 1.29 is 23.7 Å². The number of aromatic nitrogens is 2. The lowest BCUT2D eigenvalue weighted by molar-refractivity contribution is -0.164. The third-order valence-electron chi connectivity index (χ3n) is 6.23. The fourth-order valence-electron chi connectivity index (χ4n) is 4.84. The van der Waals surface area contributed by atoms with E-state index in [1.54, 1.807) is 0 Å². The van der Waals surface area contributed by atoms with Crippen molar-refractivity contribution in [2.45, 2.75) is 65.8 Å². The first-order valence-electron chi connectivity index (χ1n) is 12.5. The van der Waals surface area contributed by atoms with Gasteiger partial charge in [-0.25, -0.2) is 9.78 Å². The first kappa shape index (κ1) is 25.4. The maximum absolute atomic E-state index is 13.2. The monoisotopic (exact) mass is 520 g/mol. The van der Waals surface area contributed by atoms with Crippen LogP contribution in [0, 0.1) is 6.92 Å². The Hall–Kier alpha value is -3.23. The lowest BCUT2D eigenvalue weighted by Crippen LogP contribution is -2.29. The van der Waals surface area contributed by atoms with Gasteiger partial charge in [0.25, 0.3) is 5.19 Å². The van der Waals surface area contributed by atoms with Gasteiger partial charge in [0.1, 0.15) is 5.75 Å². The van der Waals surface area contributed by atoms with Gasteiger partial charge in [-0.05, 0) is 76.9 Å². The highest BCUT2D eigenvalue weighted by Crippen LogP contribution is 2.47. The number of hydrogen-bond acceptors (Lipinski definition) is 8. The SMILES string of the molecule is COC(=O)[C@@H](OC(C)(C)C)c1c(C)cc2nc(OC(C)C)sc2c1-c1ccc2c3c(ccnc13)CCO2. The van der Waals surface area contributed by atoms with Crippen LogP contribution in [0.25, 0.3) is 32.2 Å². The number of esters is 1. The number of benzene rings is 2. The summed E-state index contributed by atoms with van der Waals surface area (Å²) < 4.78 is 24.5. The van der Waals surface area contributed by atoms with Crippen LogP contribution in [-0.4, -0.2) is 41.4 Å². The molecule has 5 rings (SSSR count). The minimum Gasteiger partial charge on any atom is -0.493 e. The molecule has 0 saturated heterocycles. The Morgan fingerprint density at radius 2 is 1.97 bits per heavy atom. The number of aryl methyl sites for hydroxylation is 1. The maximum atomic E-state index is 13.2. The Bertz CT molecular complexity index is 1490. The molecule has 0 amide bonds. The minimum atomic E-state index is -0.942. The van der Waals surface area contributed by atoms with Crippen LogP contribution in [-0.2, 0) is 20.7 Å². The van der Waals surface area contributed by atoms with Crippen molar-refractivity contribution in [2.75, 3.05) is 13.7 Å². The largest absolute Gasteiger partial charge is 0.493 e. The molecule has 0 aliphatic carbocycles. The molecule has 2 aromatic heterocycles. The smallest absolute Gasteiger partial charge is 0.339 e. The zero-order valence-electron chi connectivity index (χ0n) is 22.3. The van der Waals surface area contributed by atoms with Crippen molar-refractivity contribution in [1.82, 2.24) is 9.97 Å². The average Bonchev–Trinajstić information content (AvgIpc) is 3.22. The van der Waals surface area contributed by atoms with E-state index < -0.39 is 17.7 Å². The number of nitrogens with zero attached hydrogens (tertiary/aromatic N) is 2. The van der Waals surface area contributed by atoms with E-state index in [4.69, 9.17) is 28.9 Å². The molecule has 7 nitrogen and oxygen atoms in total. The van der Waals surface area contributed by atoms with E-state index in [9.17, 15) is 4.79 Å². The van der Waals surface area contributed by atoms with Crippen molar-refractivity contribution in [3.8, 4) is 22.1 Å². The van der Waals surface area contributed by atoms with Crippen LogP contribution in [0.2, 0.25) is 0 Å². The number of rotatable bonds is 6. The molecule has 194 valence electrons. The molecule has 1 aliphatic rings. The van der Waals surface area contributed by atoms with Crippen LogP contribution in [0.3, 0.4) is 0 Å². The Morgan fingerprint density at radius 1 is 1.19 bits per heavy atom. The molecule has 0 saturated carbocycles. The summed E-state index contributed by atoms with van der Waals surface area (Å²) in [6, 6.07) is 8.05. The van der Waals surface area contributed by atoms with Crippen molar-refractivity contribution in [3.63, 3.8) is 0 Å². The topological polar surface area (TPSA) is 79.8 Å². The van der Waals surface area contributed by atoms with Gasteiger partial charge in [0.15, 0.2) is 6.10 Å². The Kier molecular flexibility index (Phi) is 6.58. The number of thiazole rings is 1. The average molecular weight is 521 g/mol. The lowest BCUT2D eigenvalue weighted by atomic mass is 9.89. The zero-order chi connectivity index (χ0) is 26.5. The van der Waals surface area contributed by atoms with Gasteiger partial charge in [0.2, 0.25) is 0 Å². The van der Waals surface area contributed by atoms with Crippen LogP contribution < -0.4 is 9.47 Å². The summed E-state index contributed by atoms with van der Waals surface area (Å²) in [5.74, 6) is 0.364. The normalized spacial score (nSPS) is 14.2. The third kappa shape index (κ3) is 4.76. The summed E-state index contributed by atoms with van der Waals surface area (Å²) in [6.07, 6.45) is 1.70. The van der Waals surface area contributed by atoms with Crippen molar-refractivity contribution >= 4 is 38.4 Å². The fraction of sp³-hybridized carbons (Fsp3) is 0.414. The second-order valence-electron chi connectivity index (χ2n) is 10.5. The van der Waals surface area contributed by atoms with Crippen LogP contribution in [0.5, 0.6) is 10.9 Å². The van der Waals surface area contributed by atoms with Gasteiger partial charge in [-0.3, -0.25) is 4.98 Å². The van der Waals surface area contributed by atoms with E-state index in [-0.39, 0.29) is 6.10 Å². The molecule has 0 radical (unpaired) electrons. The molecule has 1 atom stereocenters. The molecule has 0 spiro atoms. The second kappa shape index (κ2) is 9.58. The predicted molar refractivity (Wildman–Crippen MR) is 146 cm³/mol. The van der Waals surface area contributed by atoms with Gasteiger partial charge in [-0.2, -0.15) is 0 Å². The molecule has 4 aromatic rings. The third-order valence-corrected chi connectivity index (χ3v) is 7.21. The van der Waals surface area contributed by atoms with Crippen LogP contribution in [0.4, 0.5) is 0 Å². The van der Waals surface area contributed by atoms with E-state index >= 15 is 0 Å². The molecule has 0 N–H and O–H groups in total. The van der Waals surface area contributed by atoms with E-state index in [0.717, 1.165) is 55.5 Å². The number of pyridine rings is 1. The quantitative estimate of drug-likeness (QED) is 0.266. The van der Waals surface area contributed by atoms with E-state index in [2.05, 4.69) is 0 Å². The fourth-order valence-corrected chi connectivity index (χ4v) is 5.93. The van der Waals surface area contributed by atoms with E-state index in [1.807, 2.05) is 72.0 Å². The summed E-state index contributed by atoms with van der Waals surface area (Å²) in [4.78, 5) is 22.8. The number of hydrogen-bond donors (Lipinski definition) is 0. The molecule has 3 heterocycles. The Labute approximate surface area is 220 Å². The highest BCUT2D eigenvalue weighted by molar-refractivity contribution is 7.20. The number of fused-ring (bicyclic) bond motifs is 1. The first-order chi connectivity index (χ1) is 17.6. The summed E-state index contributed by atoms with van der Waals surface area (Å²) in [5.41, 5.74) is 5.59. The molecular formula is C29H32N2O5S. The summed E-state index contributed by atoms with van der Waals surface area (Å²) >= 11 is 1.46. The minimum absolute atomic E-state index is 0.0176. The van der Waals surface area contributed by atoms with Gasteiger partial charge in [0, 0.05) is 34.7 Å². The molecule has 2 aromatic carbocycles. The van der Waals surface area contributed by atoms with Crippen molar-refractivity contribution in [3.05, 3.63) is 47.2 Å².